The van der Waals surface area contributed by atoms with Gasteiger partial charge in [0.2, 0.25) is 0 Å². The molecule has 1 amide bonds. The minimum absolute atomic E-state index is 0.281. The second-order valence-corrected chi connectivity index (χ2v) is 6.34. The minimum Gasteiger partial charge on any atom is -0.319 e. The van der Waals surface area contributed by atoms with E-state index in [2.05, 4.69) is 34.4 Å². The van der Waals surface area contributed by atoms with E-state index < -0.39 is 0 Å². The van der Waals surface area contributed by atoms with Crippen LogP contribution in [0.5, 0.6) is 0 Å². The highest BCUT2D eigenvalue weighted by Crippen LogP contribution is 2.26. The molecule has 0 saturated carbocycles. The summed E-state index contributed by atoms with van der Waals surface area (Å²) in [5.41, 5.74) is 1.58. The van der Waals surface area contributed by atoms with Crippen LogP contribution in [0.15, 0.2) is 53.7 Å². The van der Waals surface area contributed by atoms with E-state index in [-0.39, 0.29) is 5.91 Å². The molecule has 0 aliphatic rings. The molecule has 4 aromatic rings. The summed E-state index contributed by atoms with van der Waals surface area (Å²) in [6.45, 7) is 0. The Labute approximate surface area is 136 Å². The van der Waals surface area contributed by atoms with Gasteiger partial charge >= 0.3 is 0 Å². The minimum atomic E-state index is -0.281. The zero-order valence-corrected chi connectivity index (χ0v) is 13.5. The van der Waals surface area contributed by atoms with Crippen molar-refractivity contribution in [2.45, 2.75) is 0 Å². The maximum atomic E-state index is 12.4. The lowest BCUT2D eigenvalue weighted by Gasteiger charge is -2.01. The summed E-state index contributed by atoms with van der Waals surface area (Å²) < 4.78 is 4.63. The van der Waals surface area contributed by atoms with Crippen LogP contribution in [-0.2, 0) is 14.1 Å². The highest BCUT2D eigenvalue weighted by atomic mass is 32.1. The number of carbonyl (C=O) groups is 1. The van der Waals surface area contributed by atoms with Crippen LogP contribution in [0.3, 0.4) is 0 Å². The number of amides is 1. The molecule has 0 fully saturated rings. The molecule has 0 atom stereocenters. The van der Waals surface area contributed by atoms with Crippen LogP contribution in [-0.4, -0.2) is 20.3 Å². The van der Waals surface area contributed by atoms with Gasteiger partial charge in [-0.15, -0.1) is 0 Å². The second-order valence-electron chi connectivity index (χ2n) is 5.33. The number of aromatic nitrogens is 3. The van der Waals surface area contributed by atoms with E-state index >= 15 is 0 Å². The van der Waals surface area contributed by atoms with Crippen molar-refractivity contribution in [1.29, 1.82) is 0 Å². The van der Waals surface area contributed by atoms with E-state index in [1.54, 1.807) is 19.3 Å². The van der Waals surface area contributed by atoms with Gasteiger partial charge in [0.25, 0.3) is 5.91 Å². The lowest BCUT2D eigenvalue weighted by molar-refractivity contribution is 0.0989. The average Bonchev–Trinajstić information content (AvgIpc) is 3.12. The van der Waals surface area contributed by atoms with Crippen LogP contribution in [0.1, 0.15) is 10.5 Å². The standard InChI is InChI=1S/C17H14N4OS/c1-20-15-12-6-4-3-5-11(12)7-8-14(15)23-17(20)19-16(22)13-9-10-18-21(13)2/h3-10H,1-2H3. The lowest BCUT2D eigenvalue weighted by Crippen LogP contribution is -2.15. The summed E-state index contributed by atoms with van der Waals surface area (Å²) in [7, 11) is 3.68. The number of benzene rings is 2. The number of fused-ring (bicyclic) bond motifs is 3. The van der Waals surface area contributed by atoms with Crippen molar-refractivity contribution in [2.75, 3.05) is 0 Å². The van der Waals surface area contributed by atoms with Gasteiger partial charge in [-0.05, 0) is 17.5 Å². The molecule has 0 aliphatic heterocycles. The smallest absolute Gasteiger partial charge is 0.297 e. The highest BCUT2D eigenvalue weighted by Gasteiger charge is 2.11. The molecule has 0 unspecified atom stereocenters. The number of carbonyl (C=O) groups excluding carboxylic acids is 1. The van der Waals surface area contributed by atoms with Crippen molar-refractivity contribution in [2.24, 2.45) is 19.1 Å². The Morgan fingerprint density at radius 3 is 2.74 bits per heavy atom. The second kappa shape index (κ2) is 5.17. The van der Waals surface area contributed by atoms with Gasteiger partial charge in [0.1, 0.15) is 5.69 Å². The largest absolute Gasteiger partial charge is 0.319 e. The van der Waals surface area contributed by atoms with Crippen molar-refractivity contribution in [3.8, 4) is 0 Å². The number of hydrogen-bond donors (Lipinski definition) is 0. The van der Waals surface area contributed by atoms with E-state index in [1.165, 1.54) is 21.4 Å². The van der Waals surface area contributed by atoms with Crippen LogP contribution in [0.2, 0.25) is 0 Å². The van der Waals surface area contributed by atoms with Crippen molar-refractivity contribution in [1.82, 2.24) is 14.3 Å². The fourth-order valence-corrected chi connectivity index (χ4v) is 3.78. The van der Waals surface area contributed by atoms with Gasteiger partial charge in [-0.25, -0.2) is 0 Å². The Balaban J connectivity index is 1.97. The van der Waals surface area contributed by atoms with Gasteiger partial charge in [-0.3, -0.25) is 9.48 Å². The molecule has 0 radical (unpaired) electrons. The van der Waals surface area contributed by atoms with E-state index in [9.17, 15) is 4.79 Å². The molecule has 0 saturated heterocycles. The summed E-state index contributed by atoms with van der Waals surface area (Å²) in [5, 5.41) is 6.36. The molecule has 0 spiro atoms. The van der Waals surface area contributed by atoms with Gasteiger partial charge in [0.05, 0.1) is 10.2 Å². The highest BCUT2D eigenvalue weighted by molar-refractivity contribution is 7.16. The molecular weight excluding hydrogens is 308 g/mol. The number of rotatable bonds is 1. The van der Waals surface area contributed by atoms with Crippen LogP contribution < -0.4 is 4.80 Å². The van der Waals surface area contributed by atoms with Gasteiger partial charge < -0.3 is 4.57 Å². The monoisotopic (exact) mass is 322 g/mol. The van der Waals surface area contributed by atoms with Gasteiger partial charge in [-0.2, -0.15) is 10.1 Å². The molecular formula is C17H14N4OS. The molecule has 6 heteroatoms. The third-order valence-electron chi connectivity index (χ3n) is 3.92. The third kappa shape index (κ3) is 2.19. The molecule has 23 heavy (non-hydrogen) atoms. The maximum absolute atomic E-state index is 12.4. The van der Waals surface area contributed by atoms with E-state index in [4.69, 9.17) is 0 Å². The molecule has 4 rings (SSSR count). The first kappa shape index (κ1) is 13.9. The van der Waals surface area contributed by atoms with E-state index in [1.807, 2.05) is 23.7 Å². The predicted molar refractivity (Wildman–Crippen MR) is 91.4 cm³/mol. The number of aryl methyl sites for hydroxylation is 2. The van der Waals surface area contributed by atoms with Gasteiger partial charge in [0, 0.05) is 25.7 Å². The lowest BCUT2D eigenvalue weighted by atomic mass is 10.1. The topological polar surface area (TPSA) is 52.2 Å². The number of thiazole rings is 1. The first-order valence-corrected chi connectivity index (χ1v) is 8.01. The predicted octanol–water partition coefficient (Wildman–Crippen LogP) is 2.87. The fraction of sp³-hybridized carbons (Fsp3) is 0.118. The van der Waals surface area contributed by atoms with E-state index in [0.29, 0.717) is 10.5 Å². The van der Waals surface area contributed by atoms with E-state index in [0.717, 1.165) is 15.6 Å². The molecule has 0 bridgehead atoms. The van der Waals surface area contributed by atoms with Crippen LogP contribution in [0, 0.1) is 0 Å². The zero-order chi connectivity index (χ0) is 16.0. The Hall–Kier alpha value is -2.73. The molecule has 0 N–H and O–H groups in total. The Morgan fingerprint density at radius 2 is 1.96 bits per heavy atom. The van der Waals surface area contributed by atoms with Crippen LogP contribution >= 0.6 is 11.3 Å². The summed E-state index contributed by atoms with van der Waals surface area (Å²) in [6, 6.07) is 14.1. The fourth-order valence-electron chi connectivity index (χ4n) is 2.75. The maximum Gasteiger partial charge on any atom is 0.297 e. The first-order chi connectivity index (χ1) is 11.1. The third-order valence-corrected chi connectivity index (χ3v) is 5.02. The number of hydrogen-bond acceptors (Lipinski definition) is 3. The summed E-state index contributed by atoms with van der Waals surface area (Å²) in [5.74, 6) is -0.281. The Kier molecular flexibility index (Phi) is 3.12. The normalized spacial score (nSPS) is 12.3. The Morgan fingerprint density at radius 1 is 1.13 bits per heavy atom. The van der Waals surface area contributed by atoms with Crippen molar-refractivity contribution in [3.63, 3.8) is 0 Å². The summed E-state index contributed by atoms with van der Waals surface area (Å²) in [4.78, 5) is 17.3. The number of nitrogens with zero attached hydrogens (tertiary/aromatic N) is 4. The first-order valence-electron chi connectivity index (χ1n) is 7.19. The summed E-state index contributed by atoms with van der Waals surface area (Å²) >= 11 is 1.52. The average molecular weight is 322 g/mol. The quantitative estimate of drug-likeness (QED) is 0.541. The van der Waals surface area contributed by atoms with Gasteiger partial charge in [0.15, 0.2) is 4.80 Å². The summed E-state index contributed by atoms with van der Waals surface area (Å²) in [6.07, 6.45) is 1.60. The van der Waals surface area contributed by atoms with Crippen molar-refractivity contribution >= 4 is 38.2 Å². The molecule has 114 valence electrons. The molecule has 5 nitrogen and oxygen atoms in total. The molecule has 2 aromatic heterocycles. The Bertz CT molecular complexity index is 1120. The molecule has 2 heterocycles. The van der Waals surface area contributed by atoms with Gasteiger partial charge in [-0.1, -0.05) is 41.7 Å². The molecule has 2 aromatic carbocycles. The van der Waals surface area contributed by atoms with Crippen molar-refractivity contribution < 1.29 is 4.79 Å². The molecule has 0 aliphatic carbocycles. The SMILES string of the molecule is Cn1nccc1C(=O)N=c1sc2ccc3ccccc3c2n1C. The van der Waals surface area contributed by atoms with Crippen LogP contribution in [0.4, 0.5) is 0 Å². The van der Waals surface area contributed by atoms with Crippen LogP contribution in [0.25, 0.3) is 21.0 Å². The zero-order valence-electron chi connectivity index (χ0n) is 12.7. The van der Waals surface area contributed by atoms with Crippen molar-refractivity contribution in [3.05, 3.63) is 59.2 Å².